The Bertz CT molecular complexity index is 238. The number of nitrogens with zero attached hydrogens (tertiary/aromatic N) is 1. The molecular weight excluding hydrogens is 236 g/mol. The zero-order chi connectivity index (χ0) is 12.5. The predicted octanol–water partition coefficient (Wildman–Crippen LogP) is 0.716. The van der Waals surface area contributed by atoms with Crippen LogP contribution < -0.4 is 16.6 Å². The Morgan fingerprint density at radius 2 is 2.35 bits per heavy atom. The summed E-state index contributed by atoms with van der Waals surface area (Å²) < 4.78 is 4.95. The quantitative estimate of drug-likeness (QED) is 0.216. The van der Waals surface area contributed by atoms with E-state index in [0.717, 1.165) is 5.25 Å². The van der Waals surface area contributed by atoms with E-state index in [1.807, 2.05) is 11.8 Å². The lowest BCUT2D eigenvalue weighted by Crippen LogP contribution is -2.46. The zero-order valence-electron chi connectivity index (χ0n) is 10.7. The maximum atomic E-state index is 5.44. The third kappa shape index (κ3) is 5.61. The molecule has 1 saturated carbocycles. The van der Waals surface area contributed by atoms with Gasteiger partial charge in [0.15, 0.2) is 0 Å². The molecule has 2 unspecified atom stereocenters. The average Bonchev–Trinajstić information content (AvgIpc) is 2.76. The van der Waals surface area contributed by atoms with Crippen LogP contribution in [0.4, 0.5) is 0 Å². The third-order valence-electron chi connectivity index (χ3n) is 2.83. The van der Waals surface area contributed by atoms with Gasteiger partial charge in [-0.05, 0) is 25.0 Å². The number of nitrogens with two attached hydrogens (primary N) is 1. The summed E-state index contributed by atoms with van der Waals surface area (Å²) >= 11 is 2.05. The molecule has 1 aliphatic rings. The SMILES string of the molecule is CCSC1CCC(NC(=NCCOC)NN)C1. The number of hydrogen-bond donors (Lipinski definition) is 3. The van der Waals surface area contributed by atoms with E-state index in [-0.39, 0.29) is 0 Å². The van der Waals surface area contributed by atoms with Gasteiger partial charge in [-0.2, -0.15) is 11.8 Å². The van der Waals surface area contributed by atoms with Gasteiger partial charge in [-0.15, -0.1) is 0 Å². The van der Waals surface area contributed by atoms with Crippen molar-refractivity contribution in [3.8, 4) is 0 Å². The summed E-state index contributed by atoms with van der Waals surface area (Å²) in [6, 6.07) is 0.497. The van der Waals surface area contributed by atoms with Gasteiger partial charge in [0.25, 0.3) is 0 Å². The van der Waals surface area contributed by atoms with Crippen LogP contribution in [-0.2, 0) is 4.74 Å². The first-order chi connectivity index (χ1) is 8.30. The second kappa shape index (κ2) is 8.60. The molecule has 1 fully saturated rings. The molecule has 2 atom stereocenters. The van der Waals surface area contributed by atoms with Crippen molar-refractivity contribution in [3.05, 3.63) is 0 Å². The van der Waals surface area contributed by atoms with Gasteiger partial charge in [-0.3, -0.25) is 5.43 Å². The Balaban J connectivity index is 2.29. The summed E-state index contributed by atoms with van der Waals surface area (Å²) in [6.45, 7) is 3.46. The van der Waals surface area contributed by atoms with Crippen LogP contribution in [0.3, 0.4) is 0 Å². The van der Waals surface area contributed by atoms with Crippen LogP contribution in [0.1, 0.15) is 26.2 Å². The van der Waals surface area contributed by atoms with Crippen molar-refractivity contribution in [1.82, 2.24) is 10.7 Å². The summed E-state index contributed by atoms with van der Waals surface area (Å²) in [5, 5.41) is 4.15. The van der Waals surface area contributed by atoms with Gasteiger partial charge in [-0.1, -0.05) is 6.92 Å². The number of nitrogens with one attached hydrogen (secondary N) is 2. The Morgan fingerprint density at radius 1 is 1.53 bits per heavy atom. The smallest absolute Gasteiger partial charge is 0.206 e. The standard InChI is InChI=1S/C11H24N4OS/c1-3-17-10-5-4-9(8-10)14-11(15-12)13-6-7-16-2/h9-10H,3-8,12H2,1-2H3,(H2,13,14,15). The minimum Gasteiger partial charge on any atom is -0.383 e. The lowest BCUT2D eigenvalue weighted by molar-refractivity contribution is 0.208. The van der Waals surface area contributed by atoms with E-state index < -0.39 is 0 Å². The summed E-state index contributed by atoms with van der Waals surface area (Å²) in [5.41, 5.74) is 2.61. The topological polar surface area (TPSA) is 71.7 Å². The van der Waals surface area contributed by atoms with E-state index in [0.29, 0.717) is 25.2 Å². The summed E-state index contributed by atoms with van der Waals surface area (Å²) in [5.74, 6) is 7.31. The van der Waals surface area contributed by atoms with Crippen LogP contribution in [0.25, 0.3) is 0 Å². The first-order valence-corrected chi connectivity index (χ1v) is 7.23. The molecule has 0 aromatic heterocycles. The summed E-state index contributed by atoms with van der Waals surface area (Å²) in [4.78, 5) is 4.30. The first-order valence-electron chi connectivity index (χ1n) is 6.18. The molecule has 0 aromatic rings. The van der Waals surface area contributed by atoms with Crippen LogP contribution in [-0.4, -0.2) is 43.3 Å². The third-order valence-corrected chi connectivity index (χ3v) is 4.06. The maximum Gasteiger partial charge on any atom is 0.206 e. The van der Waals surface area contributed by atoms with Crippen LogP contribution >= 0.6 is 11.8 Å². The molecule has 6 heteroatoms. The molecule has 4 N–H and O–H groups in total. The van der Waals surface area contributed by atoms with Crippen LogP contribution in [0.5, 0.6) is 0 Å². The number of ether oxygens (including phenoxy) is 1. The number of aliphatic imine (C=N–C) groups is 1. The number of hydrogen-bond acceptors (Lipinski definition) is 4. The summed E-state index contributed by atoms with van der Waals surface area (Å²) in [6.07, 6.45) is 3.68. The molecular formula is C11H24N4OS. The van der Waals surface area contributed by atoms with Crippen LogP contribution in [0.2, 0.25) is 0 Å². The van der Waals surface area contributed by atoms with Crippen molar-refractivity contribution >= 4 is 17.7 Å². The molecule has 0 aliphatic heterocycles. The largest absolute Gasteiger partial charge is 0.383 e. The Labute approximate surface area is 108 Å². The molecule has 1 aliphatic carbocycles. The zero-order valence-corrected chi connectivity index (χ0v) is 11.6. The first kappa shape index (κ1) is 14.6. The fourth-order valence-corrected chi connectivity index (χ4v) is 3.18. The van der Waals surface area contributed by atoms with Gasteiger partial charge in [-0.25, -0.2) is 10.8 Å². The Morgan fingerprint density at radius 3 is 3.00 bits per heavy atom. The molecule has 0 bridgehead atoms. The lowest BCUT2D eigenvalue weighted by Gasteiger charge is -2.15. The highest BCUT2D eigenvalue weighted by Gasteiger charge is 2.24. The number of guanidine groups is 1. The van der Waals surface area contributed by atoms with Crippen molar-refractivity contribution in [2.45, 2.75) is 37.5 Å². The Hall–Kier alpha value is -0.460. The molecule has 1 rings (SSSR count). The minimum atomic E-state index is 0.497. The predicted molar refractivity (Wildman–Crippen MR) is 74.2 cm³/mol. The molecule has 100 valence electrons. The van der Waals surface area contributed by atoms with Crippen LogP contribution in [0.15, 0.2) is 4.99 Å². The van der Waals surface area contributed by atoms with E-state index in [1.165, 1.54) is 25.0 Å². The maximum absolute atomic E-state index is 5.44. The highest BCUT2D eigenvalue weighted by atomic mass is 32.2. The van der Waals surface area contributed by atoms with E-state index >= 15 is 0 Å². The van der Waals surface area contributed by atoms with Gasteiger partial charge >= 0.3 is 0 Å². The molecule has 5 nitrogen and oxygen atoms in total. The van der Waals surface area contributed by atoms with Crippen molar-refractivity contribution in [1.29, 1.82) is 0 Å². The van der Waals surface area contributed by atoms with E-state index in [1.54, 1.807) is 7.11 Å². The number of hydrazine groups is 1. The van der Waals surface area contributed by atoms with Crippen molar-refractivity contribution in [2.75, 3.05) is 26.0 Å². The molecule has 0 saturated heterocycles. The number of rotatable bonds is 6. The highest BCUT2D eigenvalue weighted by molar-refractivity contribution is 7.99. The van der Waals surface area contributed by atoms with Gasteiger partial charge in [0.05, 0.1) is 13.2 Å². The van der Waals surface area contributed by atoms with Gasteiger partial charge in [0.1, 0.15) is 0 Å². The summed E-state index contributed by atoms with van der Waals surface area (Å²) in [7, 11) is 1.67. The lowest BCUT2D eigenvalue weighted by atomic mass is 10.2. The number of thioether (sulfide) groups is 1. The van der Waals surface area contributed by atoms with Crippen molar-refractivity contribution in [2.24, 2.45) is 10.8 Å². The number of methoxy groups -OCH3 is 1. The molecule has 0 spiro atoms. The second-order valence-electron chi connectivity index (χ2n) is 4.10. The van der Waals surface area contributed by atoms with Gasteiger partial charge in [0, 0.05) is 18.4 Å². The molecule has 0 aromatic carbocycles. The normalized spacial score (nSPS) is 25.0. The monoisotopic (exact) mass is 260 g/mol. The van der Waals surface area contributed by atoms with Gasteiger partial charge < -0.3 is 10.1 Å². The van der Waals surface area contributed by atoms with E-state index in [2.05, 4.69) is 22.7 Å². The Kier molecular flexibility index (Phi) is 7.39. The molecule has 0 heterocycles. The average molecular weight is 260 g/mol. The van der Waals surface area contributed by atoms with Crippen molar-refractivity contribution in [3.63, 3.8) is 0 Å². The van der Waals surface area contributed by atoms with E-state index in [9.17, 15) is 0 Å². The molecule has 0 radical (unpaired) electrons. The second-order valence-corrected chi connectivity index (χ2v) is 5.68. The van der Waals surface area contributed by atoms with Crippen molar-refractivity contribution < 1.29 is 4.74 Å². The fourth-order valence-electron chi connectivity index (χ4n) is 2.03. The highest BCUT2D eigenvalue weighted by Crippen LogP contribution is 2.29. The fraction of sp³-hybridized carbons (Fsp3) is 0.909. The molecule has 17 heavy (non-hydrogen) atoms. The molecule has 0 amide bonds. The van der Waals surface area contributed by atoms with Gasteiger partial charge in [0.2, 0.25) is 5.96 Å². The van der Waals surface area contributed by atoms with E-state index in [4.69, 9.17) is 10.6 Å². The van der Waals surface area contributed by atoms with Crippen LogP contribution in [0, 0.1) is 0 Å². The minimum absolute atomic E-state index is 0.497.